The van der Waals surface area contributed by atoms with Crippen LogP contribution in [0.25, 0.3) is 0 Å². The maximum atomic E-state index is 10.9. The van der Waals surface area contributed by atoms with Crippen LogP contribution in [0.5, 0.6) is 0 Å². The minimum absolute atomic E-state index is 0.142. The third-order valence-electron chi connectivity index (χ3n) is 1.36. The fraction of sp³-hybridized carbons (Fsp3) is 0.875. The van der Waals surface area contributed by atoms with E-state index in [1.54, 1.807) is 6.92 Å². The molecule has 4 heteroatoms. The molecule has 0 saturated heterocycles. The lowest BCUT2D eigenvalue weighted by molar-refractivity contribution is -0.304. The van der Waals surface area contributed by atoms with Crippen molar-refractivity contribution in [2.24, 2.45) is 0 Å². The highest BCUT2D eigenvalue weighted by Gasteiger charge is 2.27. The SMILES string of the molecule is CCC(C)OOC(=O)C(C)(C)O. The Morgan fingerprint density at radius 3 is 2.42 bits per heavy atom. The fourth-order valence-electron chi connectivity index (χ4n) is 0.296. The predicted molar refractivity (Wildman–Crippen MR) is 43.2 cm³/mol. The Morgan fingerprint density at radius 1 is 1.58 bits per heavy atom. The summed E-state index contributed by atoms with van der Waals surface area (Å²) in [6, 6.07) is 0. The molecule has 0 rings (SSSR count). The van der Waals surface area contributed by atoms with Gasteiger partial charge in [0.2, 0.25) is 0 Å². The highest BCUT2D eigenvalue weighted by molar-refractivity contribution is 5.77. The Bertz CT molecular complexity index is 148. The molecule has 0 saturated carbocycles. The molecule has 0 aromatic heterocycles. The van der Waals surface area contributed by atoms with Gasteiger partial charge in [0.15, 0.2) is 5.60 Å². The van der Waals surface area contributed by atoms with Gasteiger partial charge in [-0.15, -0.1) is 0 Å². The Morgan fingerprint density at radius 2 is 2.08 bits per heavy atom. The van der Waals surface area contributed by atoms with E-state index in [1.807, 2.05) is 6.92 Å². The third-order valence-corrected chi connectivity index (χ3v) is 1.36. The molecule has 0 amide bonds. The Labute approximate surface area is 72.4 Å². The van der Waals surface area contributed by atoms with Crippen molar-refractivity contribution in [3.8, 4) is 0 Å². The van der Waals surface area contributed by atoms with Crippen molar-refractivity contribution < 1.29 is 19.7 Å². The summed E-state index contributed by atoms with van der Waals surface area (Å²) in [5.74, 6) is -0.775. The van der Waals surface area contributed by atoms with Gasteiger partial charge < -0.3 is 5.11 Å². The monoisotopic (exact) mass is 176 g/mol. The van der Waals surface area contributed by atoms with Crippen molar-refractivity contribution in [3.63, 3.8) is 0 Å². The molecule has 0 radical (unpaired) electrons. The predicted octanol–water partition coefficient (Wildman–Crippen LogP) is 1.03. The molecule has 1 N–H and O–H groups in total. The van der Waals surface area contributed by atoms with Crippen molar-refractivity contribution in [1.82, 2.24) is 0 Å². The minimum Gasteiger partial charge on any atom is -0.379 e. The second kappa shape index (κ2) is 4.42. The molecule has 0 aliphatic heterocycles. The summed E-state index contributed by atoms with van der Waals surface area (Å²) in [5, 5.41) is 9.12. The summed E-state index contributed by atoms with van der Waals surface area (Å²) in [5.41, 5.74) is -1.49. The second-order valence-corrected chi connectivity index (χ2v) is 3.24. The van der Waals surface area contributed by atoms with Gasteiger partial charge in [-0.2, -0.15) is 4.89 Å². The summed E-state index contributed by atoms with van der Waals surface area (Å²) >= 11 is 0. The first-order chi connectivity index (χ1) is 5.38. The molecule has 72 valence electrons. The van der Waals surface area contributed by atoms with Crippen molar-refractivity contribution in [2.75, 3.05) is 0 Å². The van der Waals surface area contributed by atoms with Gasteiger partial charge in [0.1, 0.15) is 6.10 Å². The van der Waals surface area contributed by atoms with Gasteiger partial charge in [0.25, 0.3) is 0 Å². The van der Waals surface area contributed by atoms with Crippen LogP contribution < -0.4 is 0 Å². The van der Waals surface area contributed by atoms with Crippen LogP contribution in [0.15, 0.2) is 0 Å². The first-order valence-corrected chi connectivity index (χ1v) is 3.98. The zero-order valence-corrected chi connectivity index (χ0v) is 7.96. The van der Waals surface area contributed by atoms with Crippen molar-refractivity contribution >= 4 is 5.97 Å². The van der Waals surface area contributed by atoms with Gasteiger partial charge >= 0.3 is 5.97 Å². The van der Waals surface area contributed by atoms with Gasteiger partial charge in [-0.1, -0.05) is 6.92 Å². The van der Waals surface area contributed by atoms with E-state index in [-0.39, 0.29) is 6.10 Å². The van der Waals surface area contributed by atoms with E-state index in [9.17, 15) is 4.79 Å². The molecular formula is C8H16O4. The Hall–Kier alpha value is -0.610. The van der Waals surface area contributed by atoms with E-state index in [2.05, 4.69) is 9.78 Å². The van der Waals surface area contributed by atoms with Crippen LogP contribution in [0, 0.1) is 0 Å². The highest BCUT2D eigenvalue weighted by atomic mass is 17.2. The minimum atomic E-state index is -1.49. The molecule has 4 nitrogen and oxygen atoms in total. The molecule has 0 spiro atoms. The number of hydrogen-bond donors (Lipinski definition) is 1. The van der Waals surface area contributed by atoms with Crippen LogP contribution in [0.4, 0.5) is 0 Å². The molecule has 0 aliphatic carbocycles. The largest absolute Gasteiger partial charge is 0.379 e. The lowest BCUT2D eigenvalue weighted by atomic mass is 10.1. The lowest BCUT2D eigenvalue weighted by Gasteiger charge is -2.15. The molecule has 0 fully saturated rings. The zero-order chi connectivity index (χ0) is 9.78. The average molecular weight is 176 g/mol. The Kier molecular flexibility index (Phi) is 4.20. The number of hydrogen-bond acceptors (Lipinski definition) is 4. The van der Waals surface area contributed by atoms with E-state index in [0.717, 1.165) is 6.42 Å². The molecule has 1 unspecified atom stereocenters. The summed E-state index contributed by atoms with van der Waals surface area (Å²) in [7, 11) is 0. The zero-order valence-electron chi connectivity index (χ0n) is 7.96. The molecule has 0 aromatic rings. The normalized spacial score (nSPS) is 14.1. The highest BCUT2D eigenvalue weighted by Crippen LogP contribution is 2.06. The number of carbonyl (C=O) groups is 1. The quantitative estimate of drug-likeness (QED) is 0.513. The first-order valence-electron chi connectivity index (χ1n) is 3.98. The summed E-state index contributed by atoms with van der Waals surface area (Å²) in [4.78, 5) is 19.9. The van der Waals surface area contributed by atoms with Crippen LogP contribution in [0.3, 0.4) is 0 Å². The average Bonchev–Trinajstić information content (AvgIpc) is 1.97. The molecule has 0 aromatic carbocycles. The van der Waals surface area contributed by atoms with Gasteiger partial charge in [-0.3, -0.25) is 4.89 Å². The maximum absolute atomic E-state index is 10.9. The van der Waals surface area contributed by atoms with Crippen LogP contribution in [0.1, 0.15) is 34.1 Å². The van der Waals surface area contributed by atoms with E-state index in [0.29, 0.717) is 0 Å². The molecule has 0 bridgehead atoms. The molecule has 0 heterocycles. The van der Waals surface area contributed by atoms with Gasteiger partial charge in [-0.05, 0) is 27.2 Å². The second-order valence-electron chi connectivity index (χ2n) is 3.24. The van der Waals surface area contributed by atoms with Crippen LogP contribution in [-0.4, -0.2) is 22.8 Å². The van der Waals surface area contributed by atoms with E-state index >= 15 is 0 Å². The number of carbonyl (C=O) groups excluding carboxylic acids is 1. The first kappa shape index (κ1) is 11.4. The molecular weight excluding hydrogens is 160 g/mol. The van der Waals surface area contributed by atoms with Crippen molar-refractivity contribution in [3.05, 3.63) is 0 Å². The number of aliphatic hydroxyl groups is 1. The summed E-state index contributed by atoms with van der Waals surface area (Å²) in [6.07, 6.45) is 0.607. The van der Waals surface area contributed by atoms with Crippen molar-refractivity contribution in [1.29, 1.82) is 0 Å². The third kappa shape index (κ3) is 4.31. The van der Waals surface area contributed by atoms with Crippen LogP contribution >= 0.6 is 0 Å². The van der Waals surface area contributed by atoms with Crippen LogP contribution in [0.2, 0.25) is 0 Å². The van der Waals surface area contributed by atoms with E-state index in [1.165, 1.54) is 13.8 Å². The molecule has 12 heavy (non-hydrogen) atoms. The van der Waals surface area contributed by atoms with Gasteiger partial charge in [0.05, 0.1) is 0 Å². The topological polar surface area (TPSA) is 55.8 Å². The standard InChI is InChI=1S/C8H16O4/c1-5-6(2)11-12-7(9)8(3,4)10/h6,10H,5H2,1-4H3. The Balaban J connectivity index is 3.73. The lowest BCUT2D eigenvalue weighted by Crippen LogP contribution is -2.33. The van der Waals surface area contributed by atoms with E-state index < -0.39 is 11.6 Å². The fourth-order valence-corrected chi connectivity index (χ4v) is 0.296. The van der Waals surface area contributed by atoms with Crippen molar-refractivity contribution in [2.45, 2.75) is 45.8 Å². The molecule has 1 atom stereocenters. The van der Waals surface area contributed by atoms with E-state index in [4.69, 9.17) is 5.11 Å². The smallest absolute Gasteiger partial charge is 0.372 e. The number of rotatable bonds is 4. The van der Waals surface area contributed by atoms with Gasteiger partial charge in [-0.25, -0.2) is 4.79 Å². The summed E-state index contributed by atoms with van der Waals surface area (Å²) in [6.45, 7) is 6.37. The molecule has 0 aliphatic rings. The maximum Gasteiger partial charge on any atom is 0.372 e. The van der Waals surface area contributed by atoms with Crippen LogP contribution in [-0.2, 0) is 14.6 Å². The van der Waals surface area contributed by atoms with Gasteiger partial charge in [0, 0.05) is 0 Å². The summed E-state index contributed by atoms with van der Waals surface area (Å²) < 4.78 is 0.